The molecular weight excluding hydrogens is 689 g/mol. The predicted molar refractivity (Wildman–Crippen MR) is 239 cm³/mol. The SMILES string of the molecule is c1ccc(-c2cc(-c3cccc(-c4ccc(-c5nc6ccccc6n5-c5ccccc5)cc4)c3)c(-c3ccccc3)c(-c3ccccc3)c2-c2ccccc2)cc1. The molecule has 10 aromatic rings. The molecule has 0 aliphatic rings. The number of hydrogen-bond donors (Lipinski definition) is 0. The molecule has 0 saturated carbocycles. The number of aromatic nitrogens is 2. The fourth-order valence-electron chi connectivity index (χ4n) is 8.19. The number of benzene rings is 9. The smallest absolute Gasteiger partial charge is 0.145 e. The van der Waals surface area contributed by atoms with Crippen molar-refractivity contribution in [1.29, 1.82) is 0 Å². The zero-order valence-corrected chi connectivity index (χ0v) is 31.3. The van der Waals surface area contributed by atoms with Gasteiger partial charge >= 0.3 is 0 Å². The molecule has 0 bridgehead atoms. The quantitative estimate of drug-likeness (QED) is 0.152. The van der Waals surface area contributed by atoms with Crippen molar-refractivity contribution in [2.45, 2.75) is 0 Å². The van der Waals surface area contributed by atoms with E-state index >= 15 is 0 Å². The number of rotatable bonds is 8. The van der Waals surface area contributed by atoms with Crippen molar-refractivity contribution in [3.05, 3.63) is 231 Å². The van der Waals surface area contributed by atoms with Gasteiger partial charge in [0.25, 0.3) is 0 Å². The fourth-order valence-corrected chi connectivity index (χ4v) is 8.19. The maximum Gasteiger partial charge on any atom is 0.145 e. The third-order valence-corrected chi connectivity index (χ3v) is 10.8. The van der Waals surface area contributed by atoms with Crippen molar-refractivity contribution in [2.75, 3.05) is 0 Å². The van der Waals surface area contributed by atoms with Crippen molar-refractivity contribution in [3.63, 3.8) is 0 Å². The second-order valence-corrected chi connectivity index (χ2v) is 14.3. The van der Waals surface area contributed by atoms with Crippen LogP contribution in [-0.2, 0) is 0 Å². The van der Waals surface area contributed by atoms with Gasteiger partial charge in [-0.15, -0.1) is 0 Å². The van der Waals surface area contributed by atoms with E-state index < -0.39 is 0 Å². The Kier molecular flexibility index (Phi) is 8.91. The van der Waals surface area contributed by atoms with Crippen LogP contribution in [0.1, 0.15) is 0 Å². The lowest BCUT2D eigenvalue weighted by atomic mass is 9.78. The highest BCUT2D eigenvalue weighted by Crippen LogP contribution is 2.50. The summed E-state index contributed by atoms with van der Waals surface area (Å²) in [5, 5.41) is 0. The molecule has 0 amide bonds. The molecule has 0 radical (unpaired) electrons. The Balaban J connectivity index is 1.17. The maximum atomic E-state index is 5.11. The average molecular weight is 727 g/mol. The maximum absolute atomic E-state index is 5.11. The Labute approximate surface area is 333 Å². The molecule has 0 fully saturated rings. The van der Waals surface area contributed by atoms with Gasteiger partial charge < -0.3 is 0 Å². The zero-order chi connectivity index (χ0) is 38.0. The molecule has 1 aromatic heterocycles. The Morgan fingerprint density at radius 1 is 0.281 bits per heavy atom. The molecule has 0 aliphatic heterocycles. The molecule has 9 aromatic carbocycles. The lowest BCUT2D eigenvalue weighted by molar-refractivity contribution is 1.10. The van der Waals surface area contributed by atoms with Crippen LogP contribution < -0.4 is 0 Å². The standard InChI is InChI=1S/C55H38N2/c1-6-19-40(20-7-1)48-38-49(53(42-23-10-3-11-24-42)54(43-25-12-4-13-26-43)52(48)41-21-8-2-9-22-41)46-28-18-27-45(37-46)39-33-35-44(36-34-39)55-56-50-31-16-17-32-51(50)57(55)47-29-14-5-15-30-47/h1-38H. The van der Waals surface area contributed by atoms with Gasteiger partial charge in [0.1, 0.15) is 5.82 Å². The van der Waals surface area contributed by atoms with E-state index in [-0.39, 0.29) is 0 Å². The minimum absolute atomic E-state index is 0.926. The van der Waals surface area contributed by atoms with E-state index in [0.717, 1.165) is 44.8 Å². The van der Waals surface area contributed by atoms with Crippen molar-refractivity contribution < 1.29 is 0 Å². The van der Waals surface area contributed by atoms with Crippen LogP contribution in [0.5, 0.6) is 0 Å². The summed E-state index contributed by atoms with van der Waals surface area (Å²) >= 11 is 0. The summed E-state index contributed by atoms with van der Waals surface area (Å²) < 4.78 is 2.25. The van der Waals surface area contributed by atoms with E-state index in [1.165, 1.54) is 50.1 Å². The molecule has 2 nitrogen and oxygen atoms in total. The molecule has 57 heavy (non-hydrogen) atoms. The summed E-state index contributed by atoms with van der Waals surface area (Å²) in [7, 11) is 0. The van der Waals surface area contributed by atoms with Crippen LogP contribution >= 0.6 is 0 Å². The Hall–Kier alpha value is -7.55. The second kappa shape index (κ2) is 14.9. The minimum Gasteiger partial charge on any atom is -0.292 e. The molecule has 0 saturated heterocycles. The molecule has 2 heteroatoms. The largest absolute Gasteiger partial charge is 0.292 e. The summed E-state index contributed by atoms with van der Waals surface area (Å²) in [5.74, 6) is 0.926. The van der Waals surface area contributed by atoms with E-state index in [0.29, 0.717) is 0 Å². The van der Waals surface area contributed by atoms with Gasteiger partial charge in [-0.25, -0.2) is 4.98 Å². The first-order chi connectivity index (χ1) is 28.3. The van der Waals surface area contributed by atoms with Crippen LogP contribution in [0.3, 0.4) is 0 Å². The number of fused-ring (bicyclic) bond motifs is 1. The van der Waals surface area contributed by atoms with Crippen molar-refractivity contribution >= 4 is 11.0 Å². The van der Waals surface area contributed by atoms with Gasteiger partial charge in [-0.1, -0.05) is 194 Å². The first-order valence-electron chi connectivity index (χ1n) is 19.5. The molecule has 0 spiro atoms. The van der Waals surface area contributed by atoms with Crippen LogP contribution in [0.15, 0.2) is 231 Å². The van der Waals surface area contributed by atoms with E-state index in [4.69, 9.17) is 4.98 Å². The van der Waals surface area contributed by atoms with Crippen LogP contribution in [0.2, 0.25) is 0 Å². The average Bonchev–Trinajstić information content (AvgIpc) is 3.70. The molecule has 0 atom stereocenters. The lowest BCUT2D eigenvalue weighted by Crippen LogP contribution is -1.98. The van der Waals surface area contributed by atoms with E-state index in [1.54, 1.807) is 0 Å². The van der Waals surface area contributed by atoms with Gasteiger partial charge in [0.2, 0.25) is 0 Å². The zero-order valence-electron chi connectivity index (χ0n) is 31.3. The van der Waals surface area contributed by atoms with Crippen LogP contribution in [0.25, 0.3) is 94.9 Å². The Morgan fingerprint density at radius 3 is 1.32 bits per heavy atom. The molecule has 0 aliphatic carbocycles. The van der Waals surface area contributed by atoms with Gasteiger partial charge in [-0.2, -0.15) is 0 Å². The molecule has 268 valence electrons. The number of nitrogens with zero attached hydrogens (tertiary/aromatic N) is 2. The number of imidazole rings is 1. The van der Waals surface area contributed by atoms with Crippen LogP contribution in [0, 0.1) is 0 Å². The monoisotopic (exact) mass is 726 g/mol. The van der Waals surface area contributed by atoms with Crippen molar-refractivity contribution in [2.24, 2.45) is 0 Å². The van der Waals surface area contributed by atoms with Gasteiger partial charge in [-0.3, -0.25) is 4.57 Å². The summed E-state index contributed by atoms with van der Waals surface area (Å²) in [4.78, 5) is 5.11. The Morgan fingerprint density at radius 2 is 0.719 bits per heavy atom. The first kappa shape index (κ1) is 34.0. The molecule has 10 rings (SSSR count). The fraction of sp³-hybridized carbons (Fsp3) is 0. The van der Waals surface area contributed by atoms with Gasteiger partial charge in [0.05, 0.1) is 11.0 Å². The number of para-hydroxylation sites is 3. The lowest BCUT2D eigenvalue weighted by Gasteiger charge is -2.24. The summed E-state index contributed by atoms with van der Waals surface area (Å²) in [6.07, 6.45) is 0. The third kappa shape index (κ3) is 6.44. The molecule has 0 unspecified atom stereocenters. The van der Waals surface area contributed by atoms with Crippen molar-refractivity contribution in [1.82, 2.24) is 9.55 Å². The van der Waals surface area contributed by atoms with Gasteiger partial charge in [0, 0.05) is 11.3 Å². The highest BCUT2D eigenvalue weighted by Gasteiger charge is 2.24. The topological polar surface area (TPSA) is 17.8 Å². The van der Waals surface area contributed by atoms with Crippen molar-refractivity contribution in [3.8, 4) is 83.8 Å². The van der Waals surface area contributed by atoms with Crippen LogP contribution in [0.4, 0.5) is 0 Å². The van der Waals surface area contributed by atoms with E-state index in [1.807, 2.05) is 0 Å². The molecular formula is C55H38N2. The highest BCUT2D eigenvalue weighted by molar-refractivity contribution is 6.07. The predicted octanol–water partition coefficient (Wildman–Crippen LogP) is 14.7. The Bertz CT molecular complexity index is 2950. The molecule has 1 heterocycles. The third-order valence-electron chi connectivity index (χ3n) is 10.8. The van der Waals surface area contributed by atoms with E-state index in [9.17, 15) is 0 Å². The van der Waals surface area contributed by atoms with Gasteiger partial charge in [0.15, 0.2) is 0 Å². The first-order valence-corrected chi connectivity index (χ1v) is 19.5. The van der Waals surface area contributed by atoms with Crippen LogP contribution in [-0.4, -0.2) is 9.55 Å². The highest BCUT2D eigenvalue weighted by atomic mass is 15.1. The van der Waals surface area contributed by atoms with E-state index in [2.05, 4.69) is 235 Å². The summed E-state index contributed by atoms with van der Waals surface area (Å²) in [6, 6.07) is 82.6. The molecule has 0 N–H and O–H groups in total. The summed E-state index contributed by atoms with van der Waals surface area (Å²) in [6.45, 7) is 0. The van der Waals surface area contributed by atoms with Gasteiger partial charge in [-0.05, 0) is 103 Å². The normalized spacial score (nSPS) is 11.2. The number of hydrogen-bond acceptors (Lipinski definition) is 1. The second-order valence-electron chi connectivity index (χ2n) is 14.3. The summed E-state index contributed by atoms with van der Waals surface area (Å²) in [5.41, 5.74) is 18.5. The minimum atomic E-state index is 0.926.